The second kappa shape index (κ2) is 6.23. The molecule has 0 aromatic heterocycles. The van der Waals surface area contributed by atoms with Crippen LogP contribution in [-0.2, 0) is 5.75 Å². The van der Waals surface area contributed by atoms with E-state index in [9.17, 15) is 20.2 Å². The number of rotatable bonds is 5. The predicted octanol–water partition coefficient (Wildman–Crippen LogP) is 3.38. The van der Waals surface area contributed by atoms with Crippen LogP contribution in [0.4, 0.5) is 17.1 Å². The van der Waals surface area contributed by atoms with Gasteiger partial charge in [-0.2, -0.15) is 0 Å². The van der Waals surface area contributed by atoms with Crippen molar-refractivity contribution in [2.75, 3.05) is 5.73 Å². The van der Waals surface area contributed by atoms with E-state index in [4.69, 9.17) is 5.73 Å². The number of hydrogen-bond donors (Lipinski definition) is 1. The van der Waals surface area contributed by atoms with Crippen molar-refractivity contribution in [3.63, 3.8) is 0 Å². The summed E-state index contributed by atoms with van der Waals surface area (Å²) in [6, 6.07) is 10.8. The molecule has 0 fully saturated rings. The Morgan fingerprint density at radius 3 is 2.43 bits per heavy atom. The molecule has 21 heavy (non-hydrogen) atoms. The highest BCUT2D eigenvalue weighted by molar-refractivity contribution is 7.98. The molecule has 0 aliphatic rings. The van der Waals surface area contributed by atoms with Crippen LogP contribution in [0.5, 0.6) is 0 Å². The van der Waals surface area contributed by atoms with Gasteiger partial charge >= 0.3 is 0 Å². The van der Waals surface area contributed by atoms with E-state index in [0.717, 1.165) is 11.0 Å². The van der Waals surface area contributed by atoms with Crippen LogP contribution >= 0.6 is 11.8 Å². The summed E-state index contributed by atoms with van der Waals surface area (Å²) in [6.45, 7) is 0. The van der Waals surface area contributed by atoms with Crippen molar-refractivity contribution in [3.8, 4) is 0 Å². The molecule has 8 heteroatoms. The number of nitrogens with two attached hydrogens (primary N) is 1. The average molecular weight is 305 g/mol. The first-order valence-corrected chi connectivity index (χ1v) is 6.86. The highest BCUT2D eigenvalue weighted by Crippen LogP contribution is 2.31. The van der Waals surface area contributed by atoms with Crippen molar-refractivity contribution >= 4 is 28.8 Å². The summed E-state index contributed by atoms with van der Waals surface area (Å²) in [7, 11) is 0. The number of hydrogen-bond acceptors (Lipinski definition) is 6. The summed E-state index contributed by atoms with van der Waals surface area (Å²) in [6.07, 6.45) is 0. The van der Waals surface area contributed by atoms with E-state index in [1.807, 2.05) is 6.07 Å². The van der Waals surface area contributed by atoms with Gasteiger partial charge in [0.15, 0.2) is 0 Å². The smallest absolute Gasteiger partial charge is 0.280 e. The maximum absolute atomic E-state index is 11.0. The minimum atomic E-state index is -0.651. The number of non-ortho nitro benzene ring substituents is 1. The molecule has 2 N–H and O–H groups in total. The van der Waals surface area contributed by atoms with Gasteiger partial charge in [-0.25, -0.2) is 0 Å². The first kappa shape index (κ1) is 14.8. The van der Waals surface area contributed by atoms with Gasteiger partial charge in [0.25, 0.3) is 11.4 Å². The molecule has 108 valence electrons. The summed E-state index contributed by atoms with van der Waals surface area (Å²) < 4.78 is 0. The van der Waals surface area contributed by atoms with Crippen LogP contribution < -0.4 is 5.73 Å². The first-order chi connectivity index (χ1) is 9.97. The molecule has 0 spiro atoms. The Labute approximate surface area is 124 Å². The molecule has 2 rings (SSSR count). The summed E-state index contributed by atoms with van der Waals surface area (Å²) in [5.74, 6) is 0.331. The molecule has 0 aliphatic carbocycles. The lowest BCUT2D eigenvalue weighted by molar-refractivity contribution is -0.394. The monoisotopic (exact) mass is 305 g/mol. The molecule has 0 aliphatic heterocycles. The molecule has 2 aromatic rings. The molecule has 7 nitrogen and oxygen atoms in total. The van der Waals surface area contributed by atoms with E-state index >= 15 is 0 Å². The third-order valence-corrected chi connectivity index (χ3v) is 3.77. The van der Waals surface area contributed by atoms with Gasteiger partial charge in [-0.05, 0) is 24.3 Å². The Kier molecular flexibility index (Phi) is 4.39. The number of anilines is 1. The molecule has 0 bridgehead atoms. The van der Waals surface area contributed by atoms with Crippen LogP contribution in [0, 0.1) is 20.2 Å². The van der Waals surface area contributed by atoms with Gasteiger partial charge in [0.05, 0.1) is 15.9 Å². The molecule has 2 aromatic carbocycles. The average Bonchev–Trinajstić information content (AvgIpc) is 2.44. The van der Waals surface area contributed by atoms with Crippen molar-refractivity contribution in [1.82, 2.24) is 0 Å². The van der Waals surface area contributed by atoms with E-state index in [2.05, 4.69) is 0 Å². The Bertz CT molecular complexity index is 706. The highest BCUT2D eigenvalue weighted by atomic mass is 32.2. The fraction of sp³-hybridized carbons (Fsp3) is 0.0769. The summed E-state index contributed by atoms with van der Waals surface area (Å²) in [5, 5.41) is 21.7. The van der Waals surface area contributed by atoms with Crippen LogP contribution in [0.2, 0.25) is 0 Å². The molecule has 0 unspecified atom stereocenters. The van der Waals surface area contributed by atoms with Crippen LogP contribution in [0.1, 0.15) is 5.56 Å². The second-order valence-corrected chi connectivity index (χ2v) is 5.24. The Morgan fingerprint density at radius 1 is 1.05 bits per heavy atom. The van der Waals surface area contributed by atoms with Crippen molar-refractivity contribution < 1.29 is 9.85 Å². The number of benzene rings is 2. The van der Waals surface area contributed by atoms with Gasteiger partial charge in [0, 0.05) is 28.0 Å². The van der Waals surface area contributed by atoms with Gasteiger partial charge in [-0.3, -0.25) is 20.2 Å². The minimum Gasteiger partial charge on any atom is -0.399 e. The maximum atomic E-state index is 11.0. The number of nitro benzene ring substituents is 2. The summed E-state index contributed by atoms with van der Waals surface area (Å²) in [4.78, 5) is 21.3. The van der Waals surface area contributed by atoms with E-state index in [1.54, 1.807) is 18.2 Å². The fourth-order valence-electron chi connectivity index (χ4n) is 1.72. The van der Waals surface area contributed by atoms with Crippen molar-refractivity contribution in [1.29, 1.82) is 0 Å². The molecule has 0 radical (unpaired) electrons. The standard InChI is InChI=1S/C13H11N3O4S/c14-10-2-1-3-12(6-10)21-8-9-4-5-11(15(17)18)7-13(9)16(19)20/h1-7H,8,14H2. The summed E-state index contributed by atoms with van der Waals surface area (Å²) in [5.41, 5.74) is 6.16. The zero-order chi connectivity index (χ0) is 15.4. The maximum Gasteiger partial charge on any atom is 0.280 e. The van der Waals surface area contributed by atoms with Crippen LogP contribution in [-0.4, -0.2) is 9.85 Å². The number of nitrogens with zero attached hydrogens (tertiary/aromatic N) is 2. The molecule has 0 saturated heterocycles. The highest BCUT2D eigenvalue weighted by Gasteiger charge is 2.19. The van der Waals surface area contributed by atoms with E-state index in [0.29, 0.717) is 17.0 Å². The topological polar surface area (TPSA) is 112 Å². The number of nitro groups is 2. The summed E-state index contributed by atoms with van der Waals surface area (Å²) >= 11 is 1.38. The SMILES string of the molecule is Nc1cccc(SCc2ccc([N+](=O)[O-])cc2[N+](=O)[O-])c1. The van der Waals surface area contributed by atoms with Gasteiger partial charge in [-0.1, -0.05) is 6.07 Å². The third kappa shape index (κ3) is 3.69. The molecule has 0 saturated carbocycles. The van der Waals surface area contributed by atoms with Gasteiger partial charge in [-0.15, -0.1) is 11.8 Å². The van der Waals surface area contributed by atoms with Crippen LogP contribution in [0.25, 0.3) is 0 Å². The zero-order valence-electron chi connectivity index (χ0n) is 10.8. The lowest BCUT2D eigenvalue weighted by Crippen LogP contribution is -1.97. The Balaban J connectivity index is 2.23. The Morgan fingerprint density at radius 2 is 1.81 bits per heavy atom. The van der Waals surface area contributed by atoms with E-state index < -0.39 is 9.85 Å². The molecule has 0 atom stereocenters. The third-order valence-electron chi connectivity index (χ3n) is 2.73. The molecular formula is C13H11N3O4S. The van der Waals surface area contributed by atoms with Crippen molar-refractivity contribution in [2.45, 2.75) is 10.6 Å². The quantitative estimate of drug-likeness (QED) is 0.392. The van der Waals surface area contributed by atoms with Crippen molar-refractivity contribution in [2.24, 2.45) is 0 Å². The van der Waals surface area contributed by atoms with Gasteiger partial charge in [0.2, 0.25) is 0 Å². The van der Waals surface area contributed by atoms with E-state index in [-0.39, 0.29) is 11.4 Å². The normalized spacial score (nSPS) is 10.3. The molecule has 0 heterocycles. The number of thioether (sulfide) groups is 1. The largest absolute Gasteiger partial charge is 0.399 e. The van der Waals surface area contributed by atoms with Crippen LogP contribution in [0.3, 0.4) is 0 Å². The van der Waals surface area contributed by atoms with Crippen molar-refractivity contribution in [3.05, 3.63) is 68.3 Å². The lowest BCUT2D eigenvalue weighted by Gasteiger charge is -2.04. The predicted molar refractivity (Wildman–Crippen MR) is 80.2 cm³/mol. The van der Waals surface area contributed by atoms with Crippen LogP contribution in [0.15, 0.2) is 47.4 Å². The minimum absolute atomic E-state index is 0.249. The fourth-order valence-corrected chi connectivity index (χ4v) is 2.68. The first-order valence-electron chi connectivity index (χ1n) is 5.87. The lowest BCUT2D eigenvalue weighted by atomic mass is 10.2. The second-order valence-electron chi connectivity index (χ2n) is 4.19. The van der Waals surface area contributed by atoms with Gasteiger partial charge < -0.3 is 5.73 Å². The Hall–Kier alpha value is -2.61. The molecular weight excluding hydrogens is 294 g/mol. The van der Waals surface area contributed by atoms with E-state index in [1.165, 1.54) is 23.9 Å². The molecule has 0 amide bonds. The van der Waals surface area contributed by atoms with Gasteiger partial charge in [0.1, 0.15) is 0 Å². The zero-order valence-corrected chi connectivity index (χ0v) is 11.6. The number of nitrogen functional groups attached to an aromatic ring is 1.